The lowest BCUT2D eigenvalue weighted by molar-refractivity contribution is 0.464. The molecule has 1 aromatic heterocycles. The minimum absolute atomic E-state index is 0.358. The van der Waals surface area contributed by atoms with Crippen LogP contribution in [0.2, 0.25) is 0 Å². The number of hydrogen-bond acceptors (Lipinski definition) is 5. The summed E-state index contributed by atoms with van der Waals surface area (Å²) >= 11 is 0. The zero-order chi connectivity index (χ0) is 20.4. The third kappa shape index (κ3) is 3.59. The smallest absolute Gasteiger partial charge is 0.248 e. The van der Waals surface area contributed by atoms with Gasteiger partial charge in [-0.05, 0) is 55.5 Å². The van der Waals surface area contributed by atoms with Crippen LogP contribution in [0.25, 0.3) is 10.8 Å². The number of fused-ring (bicyclic) bond motifs is 1. The lowest BCUT2D eigenvalue weighted by atomic mass is 10.1. The van der Waals surface area contributed by atoms with Crippen molar-refractivity contribution in [2.45, 2.75) is 20.8 Å². The Bertz CT molecular complexity index is 1170. The van der Waals surface area contributed by atoms with E-state index < -0.39 is 0 Å². The Balaban J connectivity index is 1.75. The molecule has 0 radical (unpaired) electrons. The van der Waals surface area contributed by atoms with E-state index in [1.165, 1.54) is 17.3 Å². The summed E-state index contributed by atoms with van der Waals surface area (Å²) in [7, 11) is 0. The molecule has 1 heterocycles. The van der Waals surface area contributed by atoms with Crippen molar-refractivity contribution in [3.8, 4) is 11.6 Å². The summed E-state index contributed by atoms with van der Waals surface area (Å²) in [5, 5.41) is 2.31. The number of aromatic nitrogens is 2. The second-order valence-corrected chi connectivity index (χ2v) is 7.01. The molecule has 0 aliphatic rings. The van der Waals surface area contributed by atoms with Crippen molar-refractivity contribution < 1.29 is 4.74 Å². The maximum absolute atomic E-state index is 6.47. The summed E-state index contributed by atoms with van der Waals surface area (Å²) in [6, 6.07) is 20.4. The largest absolute Gasteiger partial charge is 0.437 e. The van der Waals surface area contributed by atoms with Gasteiger partial charge in [-0.2, -0.15) is 4.98 Å². The molecule has 0 aliphatic carbocycles. The van der Waals surface area contributed by atoms with Crippen molar-refractivity contribution in [1.82, 2.24) is 9.97 Å². The Labute approximate surface area is 170 Å². The molecule has 5 heteroatoms. The van der Waals surface area contributed by atoms with Gasteiger partial charge in [-0.25, -0.2) is 4.98 Å². The van der Waals surface area contributed by atoms with Gasteiger partial charge in [0.1, 0.15) is 17.8 Å². The van der Waals surface area contributed by atoms with Crippen LogP contribution in [-0.4, -0.2) is 16.5 Å². The van der Waals surface area contributed by atoms with Crippen molar-refractivity contribution in [2.75, 3.05) is 17.2 Å². The topological polar surface area (TPSA) is 64.3 Å². The fourth-order valence-electron chi connectivity index (χ4n) is 3.43. The average Bonchev–Trinajstić information content (AvgIpc) is 2.74. The van der Waals surface area contributed by atoms with Crippen molar-refractivity contribution >= 4 is 28.0 Å². The molecule has 4 rings (SSSR count). The summed E-state index contributed by atoms with van der Waals surface area (Å²) in [4.78, 5) is 10.8. The number of hydrogen-bond donors (Lipinski definition) is 1. The first-order chi connectivity index (χ1) is 14.1. The number of rotatable bonds is 5. The Kier molecular flexibility index (Phi) is 5.04. The van der Waals surface area contributed by atoms with E-state index in [1.807, 2.05) is 36.4 Å². The number of nitrogens with zero attached hydrogens (tertiary/aromatic N) is 3. The fraction of sp³-hybridized carbons (Fsp3) is 0.167. The standard InChI is InChI=1S/C24H24N4O/c1-4-28(21-11-7-9-18-8-5-6-10-20(18)21)23-22(25)24(27-15-26-23)29-19-13-12-16(2)17(3)14-19/h5-15H,4,25H2,1-3H3. The van der Waals surface area contributed by atoms with Gasteiger partial charge in [0.05, 0.1) is 5.69 Å². The molecule has 146 valence electrons. The van der Waals surface area contributed by atoms with Gasteiger partial charge in [0.2, 0.25) is 5.88 Å². The molecular formula is C24H24N4O. The average molecular weight is 384 g/mol. The molecule has 0 bridgehead atoms. The van der Waals surface area contributed by atoms with Crippen LogP contribution in [0.3, 0.4) is 0 Å². The minimum atomic E-state index is 0.358. The van der Waals surface area contributed by atoms with E-state index in [9.17, 15) is 0 Å². The lowest BCUT2D eigenvalue weighted by Gasteiger charge is -2.25. The number of aryl methyl sites for hydroxylation is 2. The van der Waals surface area contributed by atoms with Crippen molar-refractivity contribution in [1.29, 1.82) is 0 Å². The first kappa shape index (κ1) is 18.7. The number of ether oxygens (including phenoxy) is 1. The van der Waals surface area contributed by atoms with E-state index in [0.29, 0.717) is 29.7 Å². The van der Waals surface area contributed by atoms with Crippen LogP contribution < -0.4 is 15.4 Å². The molecule has 29 heavy (non-hydrogen) atoms. The summed E-state index contributed by atoms with van der Waals surface area (Å²) < 4.78 is 6.00. The van der Waals surface area contributed by atoms with Crippen molar-refractivity contribution in [3.05, 3.63) is 78.1 Å². The zero-order valence-corrected chi connectivity index (χ0v) is 16.9. The van der Waals surface area contributed by atoms with Crippen LogP contribution in [0.5, 0.6) is 11.6 Å². The van der Waals surface area contributed by atoms with E-state index >= 15 is 0 Å². The molecule has 0 unspecified atom stereocenters. The Morgan fingerprint density at radius 2 is 1.72 bits per heavy atom. The Hall–Kier alpha value is -3.60. The molecule has 3 aromatic carbocycles. The predicted molar refractivity (Wildman–Crippen MR) is 119 cm³/mol. The molecule has 5 nitrogen and oxygen atoms in total. The molecule has 0 aliphatic heterocycles. The highest BCUT2D eigenvalue weighted by Gasteiger charge is 2.18. The van der Waals surface area contributed by atoms with Crippen LogP contribution in [0.4, 0.5) is 17.2 Å². The summed E-state index contributed by atoms with van der Waals surface area (Å²) in [6.45, 7) is 6.90. The molecule has 0 fully saturated rings. The van der Waals surface area contributed by atoms with Crippen LogP contribution in [-0.2, 0) is 0 Å². The molecular weight excluding hydrogens is 360 g/mol. The van der Waals surface area contributed by atoms with E-state index in [0.717, 1.165) is 16.6 Å². The van der Waals surface area contributed by atoms with E-state index in [4.69, 9.17) is 10.5 Å². The number of anilines is 3. The van der Waals surface area contributed by atoms with Gasteiger partial charge in [-0.1, -0.05) is 42.5 Å². The summed E-state index contributed by atoms with van der Waals surface area (Å²) in [5.74, 6) is 1.70. The highest BCUT2D eigenvalue weighted by Crippen LogP contribution is 2.37. The second kappa shape index (κ2) is 7.80. The molecule has 0 spiro atoms. The van der Waals surface area contributed by atoms with E-state index in [-0.39, 0.29) is 0 Å². The lowest BCUT2D eigenvalue weighted by Crippen LogP contribution is -2.19. The van der Waals surface area contributed by atoms with E-state index in [1.54, 1.807) is 0 Å². The Morgan fingerprint density at radius 3 is 2.52 bits per heavy atom. The SMILES string of the molecule is CCN(c1ncnc(Oc2ccc(C)c(C)c2)c1N)c1cccc2ccccc12. The quantitative estimate of drug-likeness (QED) is 0.472. The van der Waals surface area contributed by atoms with Crippen LogP contribution in [0.15, 0.2) is 67.0 Å². The number of nitrogens with two attached hydrogens (primary N) is 1. The first-order valence-corrected chi connectivity index (χ1v) is 9.69. The molecule has 0 saturated heterocycles. The van der Waals surface area contributed by atoms with Crippen molar-refractivity contribution in [3.63, 3.8) is 0 Å². The maximum atomic E-state index is 6.47. The van der Waals surface area contributed by atoms with Crippen molar-refractivity contribution in [2.24, 2.45) is 0 Å². The monoisotopic (exact) mass is 384 g/mol. The highest BCUT2D eigenvalue weighted by molar-refractivity contribution is 5.96. The van der Waals surface area contributed by atoms with Gasteiger partial charge in [0.25, 0.3) is 0 Å². The predicted octanol–water partition coefficient (Wildman–Crippen LogP) is 5.78. The number of nitrogen functional groups attached to an aromatic ring is 1. The summed E-state index contributed by atoms with van der Waals surface area (Å²) in [5.41, 5.74) is 10.3. The first-order valence-electron chi connectivity index (χ1n) is 9.69. The second-order valence-electron chi connectivity index (χ2n) is 7.01. The third-order valence-electron chi connectivity index (χ3n) is 5.15. The van der Waals surface area contributed by atoms with Gasteiger partial charge in [0.15, 0.2) is 5.82 Å². The van der Waals surface area contributed by atoms with Gasteiger partial charge in [-0.15, -0.1) is 0 Å². The molecule has 4 aromatic rings. The van der Waals surface area contributed by atoms with Gasteiger partial charge in [0, 0.05) is 11.9 Å². The minimum Gasteiger partial charge on any atom is -0.437 e. The molecule has 0 atom stereocenters. The van der Waals surface area contributed by atoms with Crippen LogP contribution in [0.1, 0.15) is 18.1 Å². The molecule has 2 N–H and O–H groups in total. The highest BCUT2D eigenvalue weighted by atomic mass is 16.5. The Morgan fingerprint density at radius 1 is 0.931 bits per heavy atom. The molecule has 0 saturated carbocycles. The van der Waals surface area contributed by atoms with Gasteiger partial charge < -0.3 is 15.4 Å². The normalized spacial score (nSPS) is 10.9. The number of benzene rings is 3. The van der Waals surface area contributed by atoms with Gasteiger partial charge in [-0.3, -0.25) is 0 Å². The fourth-order valence-corrected chi connectivity index (χ4v) is 3.43. The zero-order valence-electron chi connectivity index (χ0n) is 16.9. The van der Waals surface area contributed by atoms with E-state index in [2.05, 4.69) is 59.9 Å². The maximum Gasteiger partial charge on any atom is 0.248 e. The van der Waals surface area contributed by atoms with Crippen LogP contribution >= 0.6 is 0 Å². The summed E-state index contributed by atoms with van der Waals surface area (Å²) in [6.07, 6.45) is 1.50. The molecule has 0 amide bonds. The van der Waals surface area contributed by atoms with Crippen LogP contribution in [0, 0.1) is 13.8 Å². The third-order valence-corrected chi connectivity index (χ3v) is 5.15. The van der Waals surface area contributed by atoms with Gasteiger partial charge >= 0.3 is 0 Å².